The molecule has 0 spiro atoms. The van der Waals surface area contributed by atoms with E-state index in [1.54, 1.807) is 12.1 Å². The number of aryl methyl sites for hydroxylation is 2. The standard InChI is InChI=1S/C22H19BrFNO4S/c1-14-4-3-5-15(2)19(14)13-29-21-12-16(6-11-20(21)24)22(26)25-30(27,28)18-9-7-17(23)8-10-18/h3-12H,13H2,1-2H3,(H,25,26). The summed E-state index contributed by atoms with van der Waals surface area (Å²) in [6.45, 7) is 3.98. The lowest BCUT2D eigenvalue weighted by atomic mass is 10.0. The van der Waals surface area contributed by atoms with E-state index in [-0.39, 0.29) is 22.8 Å². The first-order chi connectivity index (χ1) is 14.2. The SMILES string of the molecule is Cc1cccc(C)c1COc1cc(C(=O)NS(=O)(=O)c2ccc(Br)cc2)ccc1F. The molecule has 3 aromatic rings. The molecule has 30 heavy (non-hydrogen) atoms. The van der Waals surface area contributed by atoms with Crippen molar-refractivity contribution in [3.8, 4) is 5.75 Å². The average molecular weight is 492 g/mol. The maximum Gasteiger partial charge on any atom is 0.265 e. The Balaban J connectivity index is 1.78. The fourth-order valence-corrected chi connectivity index (χ4v) is 4.07. The van der Waals surface area contributed by atoms with Gasteiger partial charge in [0.2, 0.25) is 0 Å². The van der Waals surface area contributed by atoms with Crippen LogP contribution >= 0.6 is 15.9 Å². The fourth-order valence-electron chi connectivity index (χ4n) is 2.84. The maximum absolute atomic E-state index is 14.2. The van der Waals surface area contributed by atoms with Gasteiger partial charge in [-0.05, 0) is 73.0 Å². The Morgan fingerprint density at radius 2 is 1.67 bits per heavy atom. The van der Waals surface area contributed by atoms with Gasteiger partial charge >= 0.3 is 0 Å². The molecule has 0 bridgehead atoms. The van der Waals surface area contributed by atoms with Gasteiger partial charge in [0.1, 0.15) is 6.61 Å². The van der Waals surface area contributed by atoms with E-state index in [1.807, 2.05) is 36.8 Å². The lowest BCUT2D eigenvalue weighted by molar-refractivity contribution is 0.0980. The molecule has 0 saturated carbocycles. The smallest absolute Gasteiger partial charge is 0.265 e. The van der Waals surface area contributed by atoms with E-state index in [0.717, 1.165) is 22.8 Å². The second-order valence-corrected chi connectivity index (χ2v) is 9.29. The van der Waals surface area contributed by atoms with Gasteiger partial charge in [-0.3, -0.25) is 4.79 Å². The Morgan fingerprint density at radius 1 is 1.03 bits per heavy atom. The molecule has 1 N–H and O–H groups in total. The Hall–Kier alpha value is -2.71. The number of hydrogen-bond donors (Lipinski definition) is 1. The van der Waals surface area contributed by atoms with Crippen LogP contribution in [-0.2, 0) is 16.6 Å². The van der Waals surface area contributed by atoms with E-state index in [0.29, 0.717) is 4.47 Å². The first-order valence-electron chi connectivity index (χ1n) is 8.97. The van der Waals surface area contributed by atoms with Crippen molar-refractivity contribution in [3.05, 3.63) is 93.2 Å². The lowest BCUT2D eigenvalue weighted by Crippen LogP contribution is -2.30. The van der Waals surface area contributed by atoms with Crippen LogP contribution in [0.2, 0.25) is 0 Å². The van der Waals surface area contributed by atoms with Gasteiger partial charge in [0.05, 0.1) is 4.90 Å². The van der Waals surface area contributed by atoms with E-state index in [4.69, 9.17) is 4.74 Å². The summed E-state index contributed by atoms with van der Waals surface area (Å²) in [6, 6.07) is 15.1. The summed E-state index contributed by atoms with van der Waals surface area (Å²) in [5.74, 6) is -1.66. The second-order valence-electron chi connectivity index (χ2n) is 6.69. The number of rotatable bonds is 6. The maximum atomic E-state index is 14.2. The highest BCUT2D eigenvalue weighted by atomic mass is 79.9. The number of ether oxygens (including phenoxy) is 1. The molecule has 3 aromatic carbocycles. The fraction of sp³-hybridized carbons (Fsp3) is 0.136. The molecule has 5 nitrogen and oxygen atoms in total. The van der Waals surface area contributed by atoms with Crippen LogP contribution in [0.15, 0.2) is 70.0 Å². The van der Waals surface area contributed by atoms with Crippen molar-refractivity contribution in [2.75, 3.05) is 0 Å². The number of amides is 1. The van der Waals surface area contributed by atoms with Crippen LogP contribution in [0.5, 0.6) is 5.75 Å². The van der Waals surface area contributed by atoms with Gasteiger partial charge in [-0.25, -0.2) is 17.5 Å². The molecule has 3 rings (SSSR count). The van der Waals surface area contributed by atoms with Crippen molar-refractivity contribution < 1.29 is 22.3 Å². The van der Waals surface area contributed by atoms with Crippen LogP contribution in [0.4, 0.5) is 4.39 Å². The van der Waals surface area contributed by atoms with Crippen LogP contribution in [0.1, 0.15) is 27.0 Å². The Kier molecular flexibility index (Phi) is 6.58. The number of sulfonamides is 1. The lowest BCUT2D eigenvalue weighted by Gasteiger charge is -2.13. The minimum atomic E-state index is -4.07. The summed E-state index contributed by atoms with van der Waals surface area (Å²) < 4.78 is 47.3. The van der Waals surface area contributed by atoms with Gasteiger partial charge in [-0.15, -0.1) is 0 Å². The number of halogens is 2. The molecule has 0 aliphatic carbocycles. The van der Waals surface area contributed by atoms with Crippen molar-refractivity contribution in [3.63, 3.8) is 0 Å². The largest absolute Gasteiger partial charge is 0.486 e. The zero-order valence-corrected chi connectivity index (χ0v) is 18.7. The van der Waals surface area contributed by atoms with Crippen molar-refractivity contribution in [1.82, 2.24) is 4.72 Å². The monoisotopic (exact) mass is 491 g/mol. The number of carbonyl (C=O) groups excluding carboxylic acids is 1. The average Bonchev–Trinajstić information content (AvgIpc) is 2.68. The molecule has 0 aliphatic rings. The Bertz CT molecular complexity index is 1170. The molecule has 0 atom stereocenters. The molecule has 0 radical (unpaired) electrons. The molecule has 156 valence electrons. The molecular weight excluding hydrogens is 473 g/mol. The number of carbonyl (C=O) groups is 1. The highest BCUT2D eigenvalue weighted by molar-refractivity contribution is 9.10. The topological polar surface area (TPSA) is 72.5 Å². The van der Waals surface area contributed by atoms with Gasteiger partial charge in [0, 0.05) is 10.0 Å². The summed E-state index contributed by atoms with van der Waals surface area (Å²) in [5, 5.41) is 0. The molecule has 0 aromatic heterocycles. The second kappa shape index (κ2) is 8.97. The van der Waals surface area contributed by atoms with Crippen LogP contribution in [0, 0.1) is 19.7 Å². The van der Waals surface area contributed by atoms with Crippen molar-refractivity contribution in [2.45, 2.75) is 25.3 Å². The predicted molar refractivity (Wildman–Crippen MR) is 115 cm³/mol. The molecule has 8 heteroatoms. The first kappa shape index (κ1) is 22.0. The van der Waals surface area contributed by atoms with Crippen LogP contribution < -0.4 is 9.46 Å². The quantitative estimate of drug-likeness (QED) is 0.531. The molecule has 0 fully saturated rings. The first-order valence-corrected chi connectivity index (χ1v) is 11.2. The van der Waals surface area contributed by atoms with Gasteiger partial charge in [0.15, 0.2) is 11.6 Å². The summed E-state index contributed by atoms with van der Waals surface area (Å²) in [6.07, 6.45) is 0. The normalized spacial score (nSPS) is 11.2. The molecular formula is C22H19BrFNO4S. The Labute approximate surface area is 183 Å². The van der Waals surface area contributed by atoms with Gasteiger partial charge < -0.3 is 4.74 Å². The minimum absolute atomic E-state index is 0.0337. The summed E-state index contributed by atoms with van der Waals surface area (Å²) in [5.41, 5.74) is 2.90. The van der Waals surface area contributed by atoms with Crippen LogP contribution in [-0.4, -0.2) is 14.3 Å². The predicted octanol–water partition coefficient (Wildman–Crippen LogP) is 4.90. The highest BCUT2D eigenvalue weighted by Gasteiger charge is 2.20. The van der Waals surface area contributed by atoms with Crippen molar-refractivity contribution in [2.24, 2.45) is 0 Å². The summed E-state index contributed by atoms with van der Waals surface area (Å²) >= 11 is 3.22. The third-order valence-corrected chi connectivity index (χ3v) is 6.44. The molecule has 0 unspecified atom stereocenters. The van der Waals surface area contributed by atoms with Crippen LogP contribution in [0.25, 0.3) is 0 Å². The van der Waals surface area contributed by atoms with Gasteiger partial charge in [0.25, 0.3) is 15.9 Å². The van der Waals surface area contributed by atoms with Crippen molar-refractivity contribution >= 4 is 31.9 Å². The molecule has 0 heterocycles. The zero-order chi connectivity index (χ0) is 21.9. The summed E-state index contributed by atoms with van der Waals surface area (Å²) in [4.78, 5) is 12.4. The van der Waals surface area contributed by atoms with E-state index in [1.165, 1.54) is 24.3 Å². The molecule has 1 amide bonds. The third-order valence-electron chi connectivity index (χ3n) is 4.56. The minimum Gasteiger partial charge on any atom is -0.486 e. The number of hydrogen-bond acceptors (Lipinski definition) is 4. The molecule has 0 aliphatic heterocycles. The van der Waals surface area contributed by atoms with Crippen LogP contribution in [0.3, 0.4) is 0 Å². The zero-order valence-electron chi connectivity index (χ0n) is 16.3. The van der Waals surface area contributed by atoms with Gasteiger partial charge in [-0.2, -0.15) is 0 Å². The highest BCUT2D eigenvalue weighted by Crippen LogP contribution is 2.23. The van der Waals surface area contributed by atoms with Gasteiger partial charge in [-0.1, -0.05) is 34.1 Å². The van der Waals surface area contributed by atoms with E-state index in [2.05, 4.69) is 15.9 Å². The number of nitrogens with one attached hydrogen (secondary N) is 1. The van der Waals surface area contributed by atoms with Crippen molar-refractivity contribution in [1.29, 1.82) is 0 Å². The van der Waals surface area contributed by atoms with E-state index < -0.39 is 21.7 Å². The number of benzene rings is 3. The summed E-state index contributed by atoms with van der Waals surface area (Å²) in [7, 11) is -4.07. The van der Waals surface area contributed by atoms with E-state index >= 15 is 0 Å². The Morgan fingerprint density at radius 3 is 2.30 bits per heavy atom. The van der Waals surface area contributed by atoms with E-state index in [9.17, 15) is 17.6 Å². The molecule has 0 saturated heterocycles. The third kappa shape index (κ3) is 5.06.